The maximum Gasteiger partial charge on any atom is 0.217 e. The number of hydrogen-bond acceptors (Lipinski definition) is 3. The van der Waals surface area contributed by atoms with E-state index in [1.165, 1.54) is 6.08 Å². The Balaban J connectivity index is 2.67. The fourth-order valence-electron chi connectivity index (χ4n) is 1.91. The van der Waals surface area contributed by atoms with Gasteiger partial charge in [-0.3, -0.25) is 0 Å². The Hall–Kier alpha value is -0.390. The topological polar surface area (TPSA) is 63.4 Å². The lowest BCUT2D eigenvalue weighted by molar-refractivity contribution is 0.243. The Morgan fingerprint density at radius 1 is 1.67 bits per heavy atom. The molecular formula is C10H20N2O2S. The van der Waals surface area contributed by atoms with Gasteiger partial charge in [-0.1, -0.05) is 6.08 Å². The molecule has 1 aliphatic heterocycles. The lowest BCUT2D eigenvalue weighted by Crippen LogP contribution is -2.45. The van der Waals surface area contributed by atoms with Crippen molar-refractivity contribution in [3.05, 3.63) is 12.7 Å². The van der Waals surface area contributed by atoms with E-state index in [0.29, 0.717) is 19.0 Å². The Kier molecular flexibility index (Phi) is 4.31. The molecule has 1 aliphatic rings. The molecule has 0 aromatic carbocycles. The molecule has 88 valence electrons. The summed E-state index contributed by atoms with van der Waals surface area (Å²) >= 11 is 0. The van der Waals surface area contributed by atoms with Crippen molar-refractivity contribution < 1.29 is 8.42 Å². The van der Waals surface area contributed by atoms with Gasteiger partial charge in [0.05, 0.1) is 5.75 Å². The molecule has 0 aromatic heterocycles. The summed E-state index contributed by atoms with van der Waals surface area (Å²) in [5.74, 6) is 0.317. The fraction of sp³-hybridized carbons (Fsp3) is 0.800. The number of sulfonamides is 1. The second-order valence-electron chi connectivity index (χ2n) is 4.19. The molecule has 0 amide bonds. The summed E-state index contributed by atoms with van der Waals surface area (Å²) in [6.45, 7) is 6.59. The molecule has 0 saturated carbocycles. The third-order valence-electron chi connectivity index (χ3n) is 2.89. The van der Waals surface area contributed by atoms with Gasteiger partial charge in [0, 0.05) is 19.1 Å². The largest absolute Gasteiger partial charge is 0.328 e. The SMILES string of the molecule is C=CCS(=O)(=O)N1CCCC(C(C)N)C1. The van der Waals surface area contributed by atoms with Crippen LogP contribution in [0.5, 0.6) is 0 Å². The lowest BCUT2D eigenvalue weighted by Gasteiger charge is -2.33. The fourth-order valence-corrected chi connectivity index (χ4v) is 3.24. The van der Waals surface area contributed by atoms with E-state index in [4.69, 9.17) is 5.73 Å². The quantitative estimate of drug-likeness (QED) is 0.720. The van der Waals surface area contributed by atoms with Gasteiger partial charge in [-0.05, 0) is 25.7 Å². The highest BCUT2D eigenvalue weighted by Crippen LogP contribution is 2.21. The van der Waals surface area contributed by atoms with Gasteiger partial charge in [-0.25, -0.2) is 12.7 Å². The zero-order chi connectivity index (χ0) is 11.5. The number of nitrogens with two attached hydrogens (primary N) is 1. The van der Waals surface area contributed by atoms with E-state index in [9.17, 15) is 8.42 Å². The van der Waals surface area contributed by atoms with Crippen LogP contribution in [0.15, 0.2) is 12.7 Å². The molecule has 0 aromatic rings. The summed E-state index contributed by atoms with van der Waals surface area (Å²) < 4.78 is 25.1. The van der Waals surface area contributed by atoms with Crippen molar-refractivity contribution in [2.24, 2.45) is 11.7 Å². The Labute approximate surface area is 92.2 Å². The lowest BCUT2D eigenvalue weighted by atomic mass is 9.93. The van der Waals surface area contributed by atoms with E-state index in [1.54, 1.807) is 4.31 Å². The first-order chi connectivity index (χ1) is 6.97. The van der Waals surface area contributed by atoms with E-state index in [-0.39, 0.29) is 11.8 Å². The average molecular weight is 232 g/mol. The van der Waals surface area contributed by atoms with Crippen LogP contribution in [0.4, 0.5) is 0 Å². The first kappa shape index (κ1) is 12.7. The molecule has 2 N–H and O–H groups in total. The first-order valence-electron chi connectivity index (χ1n) is 5.31. The van der Waals surface area contributed by atoms with Gasteiger partial charge < -0.3 is 5.73 Å². The van der Waals surface area contributed by atoms with Crippen molar-refractivity contribution in [2.45, 2.75) is 25.8 Å². The van der Waals surface area contributed by atoms with Crippen molar-refractivity contribution in [3.8, 4) is 0 Å². The van der Waals surface area contributed by atoms with Gasteiger partial charge in [-0.2, -0.15) is 0 Å². The van der Waals surface area contributed by atoms with Crippen molar-refractivity contribution >= 4 is 10.0 Å². The van der Waals surface area contributed by atoms with Crippen LogP contribution >= 0.6 is 0 Å². The summed E-state index contributed by atoms with van der Waals surface area (Å²) in [5.41, 5.74) is 5.80. The predicted molar refractivity (Wildman–Crippen MR) is 61.9 cm³/mol. The minimum absolute atomic E-state index is 0.0265. The number of nitrogens with zero attached hydrogens (tertiary/aromatic N) is 1. The van der Waals surface area contributed by atoms with E-state index in [1.807, 2.05) is 6.92 Å². The van der Waals surface area contributed by atoms with E-state index >= 15 is 0 Å². The monoisotopic (exact) mass is 232 g/mol. The van der Waals surface area contributed by atoms with Crippen LogP contribution in [0.25, 0.3) is 0 Å². The van der Waals surface area contributed by atoms with Crippen LogP contribution in [0, 0.1) is 5.92 Å². The third-order valence-corrected chi connectivity index (χ3v) is 4.66. The minimum atomic E-state index is -3.14. The molecule has 0 radical (unpaired) electrons. The molecule has 2 atom stereocenters. The molecule has 1 heterocycles. The Bertz CT molecular complexity index is 311. The molecule has 0 bridgehead atoms. The number of hydrogen-bond donors (Lipinski definition) is 1. The smallest absolute Gasteiger partial charge is 0.217 e. The molecule has 0 spiro atoms. The Morgan fingerprint density at radius 3 is 2.87 bits per heavy atom. The molecular weight excluding hydrogens is 212 g/mol. The highest BCUT2D eigenvalue weighted by atomic mass is 32.2. The highest BCUT2D eigenvalue weighted by molar-refractivity contribution is 7.89. The summed E-state index contributed by atoms with van der Waals surface area (Å²) in [6.07, 6.45) is 3.37. The van der Waals surface area contributed by atoms with E-state index < -0.39 is 10.0 Å². The normalized spacial score (nSPS) is 26.1. The summed E-state index contributed by atoms with van der Waals surface area (Å²) in [7, 11) is -3.14. The average Bonchev–Trinajstić information content (AvgIpc) is 2.18. The molecule has 1 saturated heterocycles. The second-order valence-corrected chi connectivity index (χ2v) is 6.20. The van der Waals surface area contributed by atoms with Crippen molar-refractivity contribution in [3.63, 3.8) is 0 Å². The Morgan fingerprint density at radius 2 is 2.33 bits per heavy atom. The maximum atomic E-state index is 11.8. The summed E-state index contributed by atoms with van der Waals surface area (Å²) in [6, 6.07) is 0.0618. The molecule has 2 unspecified atom stereocenters. The number of piperidine rings is 1. The van der Waals surface area contributed by atoms with Crippen molar-refractivity contribution in [1.82, 2.24) is 4.31 Å². The van der Waals surface area contributed by atoms with Gasteiger partial charge in [0.25, 0.3) is 0 Å². The summed E-state index contributed by atoms with van der Waals surface area (Å²) in [5, 5.41) is 0. The van der Waals surface area contributed by atoms with Crippen LogP contribution in [-0.4, -0.2) is 37.6 Å². The molecule has 1 rings (SSSR count). The van der Waals surface area contributed by atoms with Gasteiger partial charge >= 0.3 is 0 Å². The predicted octanol–water partition coefficient (Wildman–Crippen LogP) is 0.561. The molecule has 5 heteroatoms. The van der Waals surface area contributed by atoms with Gasteiger partial charge in [0.2, 0.25) is 10.0 Å². The zero-order valence-electron chi connectivity index (χ0n) is 9.22. The third kappa shape index (κ3) is 3.29. The van der Waals surface area contributed by atoms with Crippen molar-refractivity contribution in [1.29, 1.82) is 0 Å². The van der Waals surface area contributed by atoms with Gasteiger partial charge in [0.15, 0.2) is 0 Å². The van der Waals surface area contributed by atoms with Crippen LogP contribution < -0.4 is 5.73 Å². The maximum absolute atomic E-state index is 11.8. The van der Waals surface area contributed by atoms with E-state index in [2.05, 4.69) is 6.58 Å². The van der Waals surface area contributed by atoms with E-state index in [0.717, 1.165) is 12.8 Å². The van der Waals surface area contributed by atoms with Crippen molar-refractivity contribution in [2.75, 3.05) is 18.8 Å². The zero-order valence-corrected chi connectivity index (χ0v) is 10.0. The standard InChI is InChI=1S/C10H20N2O2S/c1-3-7-15(13,14)12-6-4-5-10(8-12)9(2)11/h3,9-10H,1,4-8,11H2,2H3. The van der Waals surface area contributed by atoms with Gasteiger partial charge in [-0.15, -0.1) is 6.58 Å². The van der Waals surface area contributed by atoms with Crippen LogP contribution in [-0.2, 0) is 10.0 Å². The van der Waals surface area contributed by atoms with Crippen LogP contribution in [0.2, 0.25) is 0 Å². The molecule has 0 aliphatic carbocycles. The molecule has 15 heavy (non-hydrogen) atoms. The molecule has 4 nitrogen and oxygen atoms in total. The number of rotatable bonds is 4. The van der Waals surface area contributed by atoms with Crippen LogP contribution in [0.1, 0.15) is 19.8 Å². The van der Waals surface area contributed by atoms with Gasteiger partial charge in [0.1, 0.15) is 0 Å². The second kappa shape index (κ2) is 5.09. The minimum Gasteiger partial charge on any atom is -0.328 e. The highest BCUT2D eigenvalue weighted by Gasteiger charge is 2.29. The van der Waals surface area contributed by atoms with Crippen LogP contribution in [0.3, 0.4) is 0 Å². The first-order valence-corrected chi connectivity index (χ1v) is 6.92. The molecule has 1 fully saturated rings. The summed E-state index contributed by atoms with van der Waals surface area (Å²) in [4.78, 5) is 0.